The van der Waals surface area contributed by atoms with Crippen molar-refractivity contribution in [3.05, 3.63) is 41.5 Å². The first-order valence-electron chi connectivity index (χ1n) is 6.52. The van der Waals surface area contributed by atoms with Crippen LogP contribution in [0.15, 0.2) is 24.3 Å². The number of aromatic nitrogens is 2. The first-order valence-corrected chi connectivity index (χ1v) is 6.52. The molecule has 0 atom stereocenters. The van der Waals surface area contributed by atoms with E-state index in [2.05, 4.69) is 15.3 Å². The zero-order valence-corrected chi connectivity index (χ0v) is 11.5. The third-order valence-corrected chi connectivity index (χ3v) is 2.91. The Morgan fingerprint density at radius 1 is 1.16 bits per heavy atom. The van der Waals surface area contributed by atoms with E-state index >= 15 is 0 Å². The van der Waals surface area contributed by atoms with E-state index in [0.29, 0.717) is 0 Å². The minimum atomic E-state index is -0.224. The monoisotopic (exact) mass is 259 g/mol. The van der Waals surface area contributed by atoms with Crippen LogP contribution in [0.4, 0.5) is 10.2 Å². The topological polar surface area (TPSA) is 37.8 Å². The predicted octanol–water partition coefficient (Wildman–Crippen LogP) is 3.59. The van der Waals surface area contributed by atoms with Gasteiger partial charge in [0, 0.05) is 24.6 Å². The van der Waals surface area contributed by atoms with E-state index in [-0.39, 0.29) is 5.82 Å². The third-order valence-electron chi connectivity index (χ3n) is 2.91. The quantitative estimate of drug-likeness (QED) is 0.911. The Hall–Kier alpha value is -1.97. The van der Waals surface area contributed by atoms with Gasteiger partial charge in [-0.1, -0.05) is 6.92 Å². The fraction of sp³-hybridized carbons (Fsp3) is 0.333. The highest BCUT2D eigenvalue weighted by Crippen LogP contribution is 2.24. The molecule has 1 aromatic carbocycles. The first-order chi connectivity index (χ1) is 9.13. The van der Waals surface area contributed by atoms with Crippen molar-refractivity contribution in [2.75, 3.05) is 11.9 Å². The largest absolute Gasteiger partial charge is 0.370 e. The van der Waals surface area contributed by atoms with Gasteiger partial charge in [0.15, 0.2) is 0 Å². The standard InChI is InChI=1S/C15H18FN3/c1-4-14-18-13(9-15(19-14)17-5-2)12-7-6-11(16)8-10(12)3/h6-9H,4-5H2,1-3H3,(H,17,18,19). The average Bonchev–Trinajstić information content (AvgIpc) is 2.38. The Balaban J connectivity index is 2.51. The summed E-state index contributed by atoms with van der Waals surface area (Å²) in [7, 11) is 0. The van der Waals surface area contributed by atoms with E-state index in [1.807, 2.05) is 26.8 Å². The second-order valence-corrected chi connectivity index (χ2v) is 4.40. The van der Waals surface area contributed by atoms with Crippen LogP contribution in [0.3, 0.4) is 0 Å². The lowest BCUT2D eigenvalue weighted by atomic mass is 10.1. The van der Waals surface area contributed by atoms with E-state index in [9.17, 15) is 4.39 Å². The van der Waals surface area contributed by atoms with E-state index in [1.54, 1.807) is 6.07 Å². The van der Waals surface area contributed by atoms with Crippen molar-refractivity contribution in [1.29, 1.82) is 0 Å². The molecule has 0 saturated carbocycles. The summed E-state index contributed by atoms with van der Waals surface area (Å²) in [4.78, 5) is 8.94. The number of aryl methyl sites for hydroxylation is 2. The van der Waals surface area contributed by atoms with E-state index in [4.69, 9.17) is 0 Å². The maximum Gasteiger partial charge on any atom is 0.131 e. The number of halogens is 1. The molecule has 0 aliphatic heterocycles. The van der Waals surface area contributed by atoms with E-state index in [0.717, 1.165) is 41.4 Å². The van der Waals surface area contributed by atoms with Crippen LogP contribution in [0, 0.1) is 12.7 Å². The van der Waals surface area contributed by atoms with Crippen LogP contribution in [0.5, 0.6) is 0 Å². The molecule has 1 heterocycles. The molecular formula is C15H18FN3. The maximum atomic E-state index is 13.2. The summed E-state index contributed by atoms with van der Waals surface area (Å²) in [6, 6.07) is 6.66. The minimum absolute atomic E-state index is 0.224. The molecule has 0 radical (unpaired) electrons. The molecule has 2 aromatic rings. The van der Waals surface area contributed by atoms with E-state index in [1.165, 1.54) is 12.1 Å². The zero-order valence-electron chi connectivity index (χ0n) is 11.5. The summed E-state index contributed by atoms with van der Waals surface area (Å²) >= 11 is 0. The molecule has 0 aliphatic carbocycles. The van der Waals surface area contributed by atoms with Gasteiger partial charge in [-0.3, -0.25) is 0 Å². The molecule has 0 saturated heterocycles. The van der Waals surface area contributed by atoms with Crippen molar-refractivity contribution in [2.45, 2.75) is 27.2 Å². The molecule has 3 nitrogen and oxygen atoms in total. The minimum Gasteiger partial charge on any atom is -0.370 e. The number of rotatable bonds is 4. The van der Waals surface area contributed by atoms with Crippen molar-refractivity contribution in [2.24, 2.45) is 0 Å². The molecule has 19 heavy (non-hydrogen) atoms. The van der Waals surface area contributed by atoms with Gasteiger partial charge < -0.3 is 5.32 Å². The molecule has 0 bridgehead atoms. The summed E-state index contributed by atoms with van der Waals surface area (Å²) in [5, 5.41) is 3.20. The van der Waals surface area contributed by atoms with Crippen LogP contribution < -0.4 is 5.32 Å². The molecule has 2 rings (SSSR count). The van der Waals surface area contributed by atoms with Crippen molar-refractivity contribution in [1.82, 2.24) is 9.97 Å². The average molecular weight is 259 g/mol. The lowest BCUT2D eigenvalue weighted by Gasteiger charge is -2.10. The van der Waals surface area contributed by atoms with E-state index < -0.39 is 0 Å². The van der Waals surface area contributed by atoms with Crippen molar-refractivity contribution in [3.8, 4) is 11.3 Å². The fourth-order valence-corrected chi connectivity index (χ4v) is 1.98. The molecule has 4 heteroatoms. The number of nitrogens with zero attached hydrogens (tertiary/aromatic N) is 2. The van der Waals surface area contributed by atoms with Crippen LogP contribution in [-0.4, -0.2) is 16.5 Å². The van der Waals surface area contributed by atoms with Gasteiger partial charge in [0.2, 0.25) is 0 Å². The van der Waals surface area contributed by atoms with Gasteiger partial charge in [0.1, 0.15) is 17.5 Å². The number of anilines is 1. The van der Waals surface area contributed by atoms with Crippen LogP contribution >= 0.6 is 0 Å². The number of benzene rings is 1. The molecule has 0 spiro atoms. The summed E-state index contributed by atoms with van der Waals surface area (Å²) in [6.07, 6.45) is 0.770. The zero-order chi connectivity index (χ0) is 13.8. The smallest absolute Gasteiger partial charge is 0.131 e. The Labute approximate surface area is 112 Å². The number of hydrogen-bond acceptors (Lipinski definition) is 3. The second-order valence-electron chi connectivity index (χ2n) is 4.40. The first kappa shape index (κ1) is 13.5. The van der Waals surface area contributed by atoms with Crippen LogP contribution in [0.25, 0.3) is 11.3 Å². The molecule has 0 aliphatic rings. The third kappa shape index (κ3) is 3.08. The van der Waals surface area contributed by atoms with Gasteiger partial charge in [0.05, 0.1) is 5.69 Å². The van der Waals surface area contributed by atoms with Crippen molar-refractivity contribution < 1.29 is 4.39 Å². The van der Waals surface area contributed by atoms with Crippen LogP contribution in [-0.2, 0) is 6.42 Å². The van der Waals surface area contributed by atoms with Crippen molar-refractivity contribution >= 4 is 5.82 Å². The molecule has 100 valence electrons. The van der Waals surface area contributed by atoms with Gasteiger partial charge in [-0.2, -0.15) is 0 Å². The Morgan fingerprint density at radius 2 is 1.95 bits per heavy atom. The Kier molecular flexibility index (Phi) is 4.10. The lowest BCUT2D eigenvalue weighted by Crippen LogP contribution is -2.04. The van der Waals surface area contributed by atoms with Crippen LogP contribution in [0.2, 0.25) is 0 Å². The van der Waals surface area contributed by atoms with Crippen molar-refractivity contribution in [3.63, 3.8) is 0 Å². The maximum absolute atomic E-state index is 13.2. The highest BCUT2D eigenvalue weighted by atomic mass is 19.1. The van der Waals surface area contributed by atoms with Gasteiger partial charge in [-0.05, 0) is 37.6 Å². The highest BCUT2D eigenvalue weighted by Gasteiger charge is 2.08. The summed E-state index contributed by atoms with van der Waals surface area (Å²) < 4.78 is 13.2. The fourth-order valence-electron chi connectivity index (χ4n) is 1.98. The van der Waals surface area contributed by atoms with Gasteiger partial charge >= 0.3 is 0 Å². The molecule has 1 N–H and O–H groups in total. The molecule has 0 unspecified atom stereocenters. The van der Waals surface area contributed by atoms with Crippen LogP contribution in [0.1, 0.15) is 25.2 Å². The summed E-state index contributed by atoms with van der Waals surface area (Å²) in [6.45, 7) is 6.74. The van der Waals surface area contributed by atoms with Gasteiger partial charge in [-0.15, -0.1) is 0 Å². The summed E-state index contributed by atoms with van der Waals surface area (Å²) in [5.41, 5.74) is 2.65. The highest BCUT2D eigenvalue weighted by molar-refractivity contribution is 5.66. The number of hydrogen-bond donors (Lipinski definition) is 1. The number of nitrogens with one attached hydrogen (secondary N) is 1. The molecule has 0 fully saturated rings. The Bertz CT molecular complexity index is 582. The second kappa shape index (κ2) is 5.78. The molecule has 0 amide bonds. The van der Waals surface area contributed by atoms with Gasteiger partial charge in [-0.25, -0.2) is 14.4 Å². The SMILES string of the molecule is CCNc1cc(-c2ccc(F)cc2C)nc(CC)n1. The summed E-state index contributed by atoms with van der Waals surface area (Å²) in [5.74, 6) is 1.38. The van der Waals surface area contributed by atoms with Gasteiger partial charge in [0.25, 0.3) is 0 Å². The normalized spacial score (nSPS) is 10.5. The predicted molar refractivity (Wildman–Crippen MR) is 75.7 cm³/mol. The molecular weight excluding hydrogens is 241 g/mol. The lowest BCUT2D eigenvalue weighted by molar-refractivity contribution is 0.627. The Morgan fingerprint density at radius 3 is 2.58 bits per heavy atom. The molecule has 1 aromatic heterocycles.